The molecule has 4 unspecified atom stereocenters. The van der Waals surface area contributed by atoms with Crippen molar-refractivity contribution < 1.29 is 34.2 Å². The third kappa shape index (κ3) is 11.0. The molecule has 0 heterocycles. The number of carbonyl (C=O) groups is 5. The zero-order valence-corrected chi connectivity index (χ0v) is 16.2. The number of nitrogens with one attached hydrogen (secondary N) is 3. The van der Waals surface area contributed by atoms with Gasteiger partial charge in [-0.3, -0.25) is 24.0 Å². The third-order valence-electron chi connectivity index (χ3n) is 3.85. The average molecular weight is 418 g/mol. The number of carboxylic acid groups (broad SMARTS) is 1. The third-order valence-corrected chi connectivity index (χ3v) is 3.85. The van der Waals surface area contributed by atoms with Crippen LogP contribution in [0.5, 0.6) is 0 Å². The second kappa shape index (κ2) is 13.4. The summed E-state index contributed by atoms with van der Waals surface area (Å²) in [5.41, 5.74) is 16.0. The molecule has 0 aromatic rings. The molecule has 166 valence electrons. The first-order valence-corrected chi connectivity index (χ1v) is 9.01. The van der Waals surface area contributed by atoms with Crippen LogP contribution in [0.25, 0.3) is 0 Å². The maximum absolute atomic E-state index is 12.6. The molecule has 11 N–H and O–H groups in total. The Kier molecular flexibility index (Phi) is 12.1. The highest BCUT2D eigenvalue weighted by molar-refractivity contribution is 5.95. The molecule has 0 fully saturated rings. The van der Waals surface area contributed by atoms with Gasteiger partial charge in [-0.1, -0.05) is 0 Å². The van der Waals surface area contributed by atoms with Gasteiger partial charge in [0, 0.05) is 0 Å². The minimum Gasteiger partial charge on any atom is -0.480 e. The number of carboxylic acids is 1. The molecule has 0 bridgehead atoms. The van der Waals surface area contributed by atoms with E-state index in [1.807, 2.05) is 5.32 Å². The summed E-state index contributed by atoms with van der Waals surface area (Å²) in [5.74, 6) is -4.73. The quantitative estimate of drug-likeness (QED) is 0.128. The molecule has 0 rings (SSSR count). The summed E-state index contributed by atoms with van der Waals surface area (Å²) in [6, 6.07) is -3.83. The molecule has 0 saturated carbocycles. The van der Waals surface area contributed by atoms with Crippen LogP contribution in [0.3, 0.4) is 0 Å². The summed E-state index contributed by atoms with van der Waals surface area (Å²) in [7, 11) is 0. The monoisotopic (exact) mass is 418 g/mol. The van der Waals surface area contributed by atoms with Crippen molar-refractivity contribution in [3.05, 3.63) is 0 Å². The minimum atomic E-state index is -1.43. The number of unbranched alkanes of at least 4 members (excludes halogenated alkanes) is 1. The maximum atomic E-state index is 12.6. The first-order valence-electron chi connectivity index (χ1n) is 9.01. The molecule has 4 atom stereocenters. The second-order valence-corrected chi connectivity index (χ2v) is 6.46. The van der Waals surface area contributed by atoms with Crippen molar-refractivity contribution in [1.29, 1.82) is 0 Å². The molecule has 0 spiro atoms. The van der Waals surface area contributed by atoms with Crippen LogP contribution in [0.15, 0.2) is 0 Å². The van der Waals surface area contributed by atoms with Crippen LogP contribution in [0.2, 0.25) is 0 Å². The van der Waals surface area contributed by atoms with E-state index >= 15 is 0 Å². The molecule has 0 aliphatic carbocycles. The van der Waals surface area contributed by atoms with Gasteiger partial charge in [0.1, 0.15) is 24.7 Å². The average Bonchev–Trinajstić information content (AvgIpc) is 2.63. The van der Waals surface area contributed by atoms with Gasteiger partial charge in [-0.2, -0.15) is 0 Å². The number of aliphatic carboxylic acids is 1. The standard InChI is InChI=1S/C16H30N6O7/c1-8(23)13(19)16(29)21-9(4-2-3-5-17)15(28)22-10(6-11(18)24)14(27)20-7-12(25)26/h8-10,13,23H,2-7,17,19H2,1H3,(H2,18,24)(H,20,27)(H,21,29)(H,22,28)(H,25,26). The highest BCUT2D eigenvalue weighted by atomic mass is 16.4. The maximum Gasteiger partial charge on any atom is 0.322 e. The predicted molar refractivity (Wildman–Crippen MR) is 101 cm³/mol. The molecule has 0 radical (unpaired) electrons. The van der Waals surface area contributed by atoms with Gasteiger partial charge in [0.25, 0.3) is 0 Å². The molecule has 13 nitrogen and oxygen atoms in total. The zero-order valence-electron chi connectivity index (χ0n) is 16.2. The zero-order chi connectivity index (χ0) is 22.6. The number of aliphatic hydroxyl groups is 1. The van der Waals surface area contributed by atoms with E-state index in [4.69, 9.17) is 22.3 Å². The van der Waals surface area contributed by atoms with Crippen LogP contribution in [0.4, 0.5) is 0 Å². The van der Waals surface area contributed by atoms with Crippen molar-refractivity contribution in [2.75, 3.05) is 13.1 Å². The van der Waals surface area contributed by atoms with E-state index in [1.54, 1.807) is 0 Å². The fraction of sp³-hybridized carbons (Fsp3) is 0.688. The fourth-order valence-electron chi connectivity index (χ4n) is 2.22. The van der Waals surface area contributed by atoms with Crippen LogP contribution in [0.1, 0.15) is 32.6 Å². The van der Waals surface area contributed by atoms with E-state index in [-0.39, 0.29) is 6.42 Å². The molecule has 0 aliphatic rings. The number of hydrogen-bond acceptors (Lipinski definition) is 8. The van der Waals surface area contributed by atoms with Crippen LogP contribution in [-0.2, 0) is 24.0 Å². The largest absolute Gasteiger partial charge is 0.480 e. The van der Waals surface area contributed by atoms with E-state index < -0.39 is 66.8 Å². The van der Waals surface area contributed by atoms with Crippen LogP contribution in [-0.4, -0.2) is 77.1 Å². The van der Waals surface area contributed by atoms with Crippen molar-refractivity contribution in [3.63, 3.8) is 0 Å². The molecular weight excluding hydrogens is 388 g/mol. The molecule has 4 amide bonds. The van der Waals surface area contributed by atoms with Crippen molar-refractivity contribution in [2.45, 2.75) is 56.8 Å². The van der Waals surface area contributed by atoms with Gasteiger partial charge in [0.15, 0.2) is 0 Å². The summed E-state index contributed by atoms with van der Waals surface area (Å²) < 4.78 is 0. The Hall–Kier alpha value is -2.77. The molecule has 0 aromatic carbocycles. The number of carbonyl (C=O) groups excluding carboxylic acids is 4. The molecule has 0 aromatic heterocycles. The summed E-state index contributed by atoms with van der Waals surface area (Å²) in [5, 5.41) is 24.8. The van der Waals surface area contributed by atoms with Gasteiger partial charge in [-0.05, 0) is 32.7 Å². The Morgan fingerprint density at radius 3 is 2.03 bits per heavy atom. The molecular formula is C16H30N6O7. The van der Waals surface area contributed by atoms with Crippen LogP contribution in [0, 0.1) is 0 Å². The summed E-state index contributed by atoms with van der Waals surface area (Å²) >= 11 is 0. The first kappa shape index (κ1) is 26.2. The van der Waals surface area contributed by atoms with Crippen molar-refractivity contribution >= 4 is 29.6 Å². The van der Waals surface area contributed by atoms with Crippen molar-refractivity contribution in [1.82, 2.24) is 16.0 Å². The summed E-state index contributed by atoms with van der Waals surface area (Å²) in [6.07, 6.45) is -0.557. The topological polar surface area (TPSA) is 240 Å². The number of aliphatic hydroxyl groups excluding tert-OH is 1. The Labute approximate surface area is 167 Å². The normalized spacial score (nSPS) is 14.8. The number of primary amides is 1. The lowest BCUT2D eigenvalue weighted by Gasteiger charge is -2.24. The van der Waals surface area contributed by atoms with E-state index in [9.17, 15) is 29.1 Å². The van der Waals surface area contributed by atoms with Gasteiger partial charge in [0.2, 0.25) is 23.6 Å². The first-order chi connectivity index (χ1) is 13.5. The highest BCUT2D eigenvalue weighted by Crippen LogP contribution is 2.04. The number of amides is 4. The molecule has 0 aliphatic heterocycles. The Morgan fingerprint density at radius 1 is 0.966 bits per heavy atom. The molecule has 29 heavy (non-hydrogen) atoms. The van der Waals surface area contributed by atoms with Crippen LogP contribution >= 0.6 is 0 Å². The lowest BCUT2D eigenvalue weighted by atomic mass is 10.1. The van der Waals surface area contributed by atoms with Gasteiger partial charge in [-0.15, -0.1) is 0 Å². The molecule has 0 saturated heterocycles. The Morgan fingerprint density at radius 2 is 1.55 bits per heavy atom. The van der Waals surface area contributed by atoms with E-state index in [0.717, 1.165) is 0 Å². The number of nitrogens with two attached hydrogens (primary N) is 3. The number of rotatable bonds is 14. The summed E-state index contributed by atoms with van der Waals surface area (Å²) in [6.45, 7) is 0.949. The van der Waals surface area contributed by atoms with Gasteiger partial charge in [0.05, 0.1) is 12.5 Å². The number of hydrogen-bond donors (Lipinski definition) is 8. The predicted octanol–water partition coefficient (Wildman–Crippen LogP) is -4.13. The van der Waals surface area contributed by atoms with Gasteiger partial charge >= 0.3 is 5.97 Å². The minimum absolute atomic E-state index is 0.154. The molecule has 13 heteroatoms. The second-order valence-electron chi connectivity index (χ2n) is 6.46. The van der Waals surface area contributed by atoms with Gasteiger partial charge < -0.3 is 43.4 Å². The Balaban J connectivity index is 5.26. The highest BCUT2D eigenvalue weighted by Gasteiger charge is 2.29. The van der Waals surface area contributed by atoms with E-state index in [1.165, 1.54) is 6.92 Å². The van der Waals surface area contributed by atoms with Gasteiger partial charge in [-0.25, -0.2) is 0 Å². The van der Waals surface area contributed by atoms with E-state index in [2.05, 4.69) is 10.6 Å². The van der Waals surface area contributed by atoms with E-state index in [0.29, 0.717) is 19.4 Å². The fourth-order valence-corrected chi connectivity index (χ4v) is 2.22. The van der Waals surface area contributed by atoms with Crippen molar-refractivity contribution in [2.24, 2.45) is 17.2 Å². The summed E-state index contributed by atoms with van der Waals surface area (Å²) in [4.78, 5) is 58.5. The SMILES string of the molecule is CC(O)C(N)C(=O)NC(CCCCN)C(=O)NC(CC(N)=O)C(=O)NCC(=O)O. The van der Waals surface area contributed by atoms with Crippen LogP contribution < -0.4 is 33.2 Å². The Bertz CT molecular complexity index is 598. The lowest BCUT2D eigenvalue weighted by Crippen LogP contribution is -2.57. The van der Waals surface area contributed by atoms with Crippen molar-refractivity contribution in [3.8, 4) is 0 Å². The lowest BCUT2D eigenvalue weighted by molar-refractivity contribution is -0.139. The smallest absolute Gasteiger partial charge is 0.322 e.